The second kappa shape index (κ2) is 3.34. The van der Waals surface area contributed by atoms with Crippen LogP contribution in [0.15, 0.2) is 24.3 Å². The van der Waals surface area contributed by atoms with Gasteiger partial charge in [-0.05, 0) is 23.8 Å². The minimum atomic E-state index is -3.60. The van der Waals surface area contributed by atoms with Crippen molar-refractivity contribution in [1.29, 1.82) is 0 Å². The summed E-state index contributed by atoms with van der Waals surface area (Å²) in [5.74, 6) is -0.0451. The molecular weight excluding hydrogens is 206 g/mol. The fourth-order valence-electron chi connectivity index (χ4n) is 1.22. The molecule has 2 rings (SSSR count). The van der Waals surface area contributed by atoms with Gasteiger partial charge in [0.25, 0.3) is 0 Å². The molecule has 0 aliphatic carbocycles. The molecule has 1 heterocycles. The first-order chi connectivity index (χ1) is 7.11. The average molecular weight is 212 g/mol. The molecule has 0 unspecified atom stereocenters. The second-order valence-corrected chi connectivity index (χ2v) is 2.87. The average Bonchev–Trinajstić information content (AvgIpc) is 2.47. The third-order valence-electron chi connectivity index (χ3n) is 1.79. The monoisotopic (exact) mass is 212 g/mol. The SMILES string of the molecule is O=CC=Cc1ccc2c(c1)OC(F)(F)O2. The zero-order chi connectivity index (χ0) is 10.9. The Morgan fingerprint density at radius 1 is 1.20 bits per heavy atom. The zero-order valence-electron chi connectivity index (χ0n) is 7.44. The van der Waals surface area contributed by atoms with Crippen LogP contribution in [0.1, 0.15) is 5.56 Å². The molecule has 1 aliphatic heterocycles. The van der Waals surface area contributed by atoms with Crippen LogP contribution in [0.25, 0.3) is 6.08 Å². The Hall–Kier alpha value is -1.91. The molecule has 78 valence electrons. The normalized spacial score (nSPS) is 16.9. The van der Waals surface area contributed by atoms with Gasteiger partial charge in [-0.1, -0.05) is 12.1 Å². The number of allylic oxidation sites excluding steroid dienone is 1. The van der Waals surface area contributed by atoms with Gasteiger partial charge >= 0.3 is 6.29 Å². The summed E-state index contributed by atoms with van der Waals surface area (Å²) in [5, 5.41) is 0. The third-order valence-corrected chi connectivity index (χ3v) is 1.79. The van der Waals surface area contributed by atoms with Crippen molar-refractivity contribution in [3.63, 3.8) is 0 Å². The maximum absolute atomic E-state index is 12.6. The van der Waals surface area contributed by atoms with Crippen LogP contribution in [0.2, 0.25) is 0 Å². The van der Waals surface area contributed by atoms with Crippen LogP contribution in [-0.2, 0) is 4.79 Å². The lowest BCUT2D eigenvalue weighted by molar-refractivity contribution is -0.286. The lowest BCUT2D eigenvalue weighted by Gasteiger charge is -2.04. The largest absolute Gasteiger partial charge is 0.586 e. The third kappa shape index (κ3) is 1.96. The predicted molar refractivity (Wildman–Crippen MR) is 47.7 cm³/mol. The second-order valence-electron chi connectivity index (χ2n) is 2.87. The van der Waals surface area contributed by atoms with Crippen LogP contribution in [0.3, 0.4) is 0 Å². The van der Waals surface area contributed by atoms with Crippen LogP contribution in [-0.4, -0.2) is 12.6 Å². The molecule has 1 aliphatic rings. The van der Waals surface area contributed by atoms with E-state index in [1.165, 1.54) is 24.3 Å². The van der Waals surface area contributed by atoms with E-state index in [1.54, 1.807) is 6.07 Å². The number of carbonyl (C=O) groups is 1. The highest BCUT2D eigenvalue weighted by Gasteiger charge is 2.43. The summed E-state index contributed by atoms with van der Waals surface area (Å²) in [4.78, 5) is 10.1. The zero-order valence-corrected chi connectivity index (χ0v) is 7.44. The van der Waals surface area contributed by atoms with Crippen molar-refractivity contribution < 1.29 is 23.0 Å². The summed E-state index contributed by atoms with van der Waals surface area (Å²) >= 11 is 0. The number of hydrogen-bond acceptors (Lipinski definition) is 3. The fourth-order valence-corrected chi connectivity index (χ4v) is 1.22. The minimum absolute atomic E-state index is 0.0109. The molecule has 0 saturated carbocycles. The highest BCUT2D eigenvalue weighted by molar-refractivity contribution is 5.74. The van der Waals surface area contributed by atoms with E-state index in [-0.39, 0.29) is 11.5 Å². The van der Waals surface area contributed by atoms with Gasteiger partial charge in [0.05, 0.1) is 0 Å². The number of aldehydes is 1. The Morgan fingerprint density at radius 2 is 1.93 bits per heavy atom. The molecule has 5 heteroatoms. The number of ether oxygens (including phenoxy) is 2. The standard InChI is InChI=1S/C10H6F2O3/c11-10(12)14-8-4-3-7(2-1-5-13)6-9(8)15-10/h1-6H. The first-order valence-electron chi connectivity index (χ1n) is 4.12. The highest BCUT2D eigenvalue weighted by atomic mass is 19.3. The van der Waals surface area contributed by atoms with E-state index in [9.17, 15) is 13.6 Å². The minimum Gasteiger partial charge on any atom is -0.395 e. The van der Waals surface area contributed by atoms with Crippen LogP contribution in [0, 0.1) is 0 Å². The number of alkyl halides is 2. The van der Waals surface area contributed by atoms with E-state index < -0.39 is 6.29 Å². The van der Waals surface area contributed by atoms with Crippen molar-refractivity contribution in [3.05, 3.63) is 29.8 Å². The number of rotatable bonds is 2. The van der Waals surface area contributed by atoms with Crippen molar-refractivity contribution in [1.82, 2.24) is 0 Å². The molecule has 3 nitrogen and oxygen atoms in total. The number of hydrogen-bond donors (Lipinski definition) is 0. The van der Waals surface area contributed by atoms with E-state index in [0.717, 1.165) is 0 Å². The Bertz CT molecular complexity index is 427. The lowest BCUT2D eigenvalue weighted by atomic mass is 10.2. The smallest absolute Gasteiger partial charge is 0.395 e. The number of halogens is 2. The molecule has 1 aromatic rings. The van der Waals surface area contributed by atoms with Gasteiger partial charge in [-0.2, -0.15) is 0 Å². The summed E-state index contributed by atoms with van der Waals surface area (Å²) in [6.07, 6.45) is -0.267. The predicted octanol–water partition coefficient (Wildman–Crippen LogP) is 2.22. The topological polar surface area (TPSA) is 35.5 Å². The van der Waals surface area contributed by atoms with Crippen LogP contribution < -0.4 is 9.47 Å². The summed E-state index contributed by atoms with van der Waals surface area (Å²) in [6, 6.07) is 4.28. The van der Waals surface area contributed by atoms with Gasteiger partial charge in [0.2, 0.25) is 0 Å². The summed E-state index contributed by atoms with van der Waals surface area (Å²) in [7, 11) is 0. The highest BCUT2D eigenvalue weighted by Crippen LogP contribution is 2.41. The van der Waals surface area contributed by atoms with Crippen molar-refractivity contribution in [3.8, 4) is 11.5 Å². The Kier molecular flexibility index (Phi) is 2.15. The fraction of sp³-hybridized carbons (Fsp3) is 0.100. The Balaban J connectivity index is 2.30. The van der Waals surface area contributed by atoms with E-state index in [0.29, 0.717) is 11.8 Å². The number of carbonyl (C=O) groups excluding carboxylic acids is 1. The first-order valence-corrected chi connectivity index (χ1v) is 4.12. The van der Waals surface area contributed by atoms with Crippen molar-refractivity contribution in [2.45, 2.75) is 6.29 Å². The molecule has 0 saturated heterocycles. The molecule has 1 aromatic carbocycles. The molecule has 0 amide bonds. The molecule has 0 fully saturated rings. The van der Waals surface area contributed by atoms with E-state index in [2.05, 4.69) is 9.47 Å². The van der Waals surface area contributed by atoms with Crippen LogP contribution in [0.4, 0.5) is 8.78 Å². The quantitative estimate of drug-likeness (QED) is 0.557. The first kappa shape index (κ1) is 9.64. The van der Waals surface area contributed by atoms with Crippen molar-refractivity contribution in [2.24, 2.45) is 0 Å². The van der Waals surface area contributed by atoms with Gasteiger partial charge in [0, 0.05) is 0 Å². The summed E-state index contributed by atoms with van der Waals surface area (Å²) in [5.41, 5.74) is 0.585. The van der Waals surface area contributed by atoms with E-state index in [4.69, 9.17) is 0 Å². The van der Waals surface area contributed by atoms with Crippen molar-refractivity contribution >= 4 is 12.4 Å². The molecule has 0 N–H and O–H groups in total. The molecule has 15 heavy (non-hydrogen) atoms. The maximum Gasteiger partial charge on any atom is 0.586 e. The van der Waals surface area contributed by atoms with Crippen LogP contribution in [0.5, 0.6) is 11.5 Å². The lowest BCUT2D eigenvalue weighted by Crippen LogP contribution is -2.25. The van der Waals surface area contributed by atoms with Crippen molar-refractivity contribution in [2.75, 3.05) is 0 Å². The van der Waals surface area contributed by atoms with E-state index >= 15 is 0 Å². The molecular formula is C10H6F2O3. The molecule has 0 bridgehead atoms. The van der Waals surface area contributed by atoms with Gasteiger partial charge in [0.15, 0.2) is 11.5 Å². The Morgan fingerprint density at radius 3 is 2.67 bits per heavy atom. The summed E-state index contributed by atoms with van der Waals surface area (Å²) in [6.45, 7) is 0. The molecule has 0 atom stereocenters. The molecule has 0 radical (unpaired) electrons. The molecule has 0 aromatic heterocycles. The Labute approximate surface area is 83.9 Å². The van der Waals surface area contributed by atoms with Gasteiger partial charge in [0.1, 0.15) is 6.29 Å². The number of benzene rings is 1. The van der Waals surface area contributed by atoms with E-state index in [1.807, 2.05) is 0 Å². The maximum atomic E-state index is 12.6. The van der Waals surface area contributed by atoms with Gasteiger partial charge in [-0.15, -0.1) is 8.78 Å². The van der Waals surface area contributed by atoms with Crippen LogP contribution >= 0.6 is 0 Å². The molecule has 0 spiro atoms. The van der Waals surface area contributed by atoms with Gasteiger partial charge < -0.3 is 9.47 Å². The summed E-state index contributed by atoms with van der Waals surface area (Å²) < 4.78 is 33.6. The van der Waals surface area contributed by atoms with Gasteiger partial charge in [-0.3, -0.25) is 4.79 Å². The number of fused-ring (bicyclic) bond motifs is 1. The van der Waals surface area contributed by atoms with Gasteiger partial charge in [-0.25, -0.2) is 0 Å².